The molecule has 3 atom stereocenters. The van der Waals surface area contributed by atoms with Crippen LogP contribution in [-0.4, -0.2) is 65.7 Å². The van der Waals surface area contributed by atoms with E-state index in [1.165, 1.54) is 77.0 Å². The van der Waals surface area contributed by atoms with E-state index in [4.69, 9.17) is 19.1 Å². The minimum atomic E-state index is -4.64. The highest BCUT2D eigenvalue weighted by Crippen LogP contribution is 2.43. The summed E-state index contributed by atoms with van der Waals surface area (Å²) < 4.78 is 32.5. The number of ether oxygens (including phenoxy) is 2. The molecule has 11 heteroatoms. The van der Waals surface area contributed by atoms with Gasteiger partial charge in [-0.05, 0) is 38.5 Å². The van der Waals surface area contributed by atoms with E-state index in [9.17, 15) is 24.2 Å². The molecular formula is C43H75O10P. The third kappa shape index (κ3) is 38.0. The molecule has 0 aliphatic heterocycles. The highest BCUT2D eigenvalue weighted by molar-refractivity contribution is 7.47. The topological polar surface area (TPSA) is 149 Å². The predicted molar refractivity (Wildman–Crippen MR) is 219 cm³/mol. The molecule has 0 aromatic rings. The molecule has 0 saturated heterocycles. The van der Waals surface area contributed by atoms with Crippen LogP contribution in [0, 0.1) is 0 Å². The van der Waals surface area contributed by atoms with Crippen molar-refractivity contribution in [1.29, 1.82) is 0 Å². The van der Waals surface area contributed by atoms with E-state index in [-0.39, 0.29) is 19.4 Å². The lowest BCUT2D eigenvalue weighted by atomic mass is 10.0. The van der Waals surface area contributed by atoms with Gasteiger partial charge in [0, 0.05) is 6.42 Å². The van der Waals surface area contributed by atoms with Gasteiger partial charge in [-0.3, -0.25) is 18.6 Å². The van der Waals surface area contributed by atoms with Gasteiger partial charge in [0.25, 0.3) is 0 Å². The molecule has 0 fully saturated rings. The number of carbonyl (C=O) groups excluding carboxylic acids is 2. The number of unbranched alkanes of at least 4 members (excludes halogenated alkanes) is 15. The van der Waals surface area contributed by atoms with Crippen molar-refractivity contribution in [2.75, 3.05) is 26.4 Å². The lowest BCUT2D eigenvalue weighted by Gasteiger charge is -2.20. The first-order valence-electron chi connectivity index (χ1n) is 20.7. The molecule has 10 nitrogen and oxygen atoms in total. The van der Waals surface area contributed by atoms with Gasteiger partial charge in [-0.2, -0.15) is 0 Å². The van der Waals surface area contributed by atoms with E-state index in [0.29, 0.717) is 12.8 Å². The minimum Gasteiger partial charge on any atom is -0.462 e. The summed E-state index contributed by atoms with van der Waals surface area (Å²) in [5.74, 6) is -1.07. The monoisotopic (exact) mass is 783 g/mol. The van der Waals surface area contributed by atoms with Crippen molar-refractivity contribution in [3.8, 4) is 0 Å². The van der Waals surface area contributed by atoms with Crippen molar-refractivity contribution in [3.05, 3.63) is 60.8 Å². The fraction of sp³-hybridized carbons (Fsp3) is 0.721. The van der Waals surface area contributed by atoms with Gasteiger partial charge in [0.15, 0.2) is 6.10 Å². The quantitative estimate of drug-likeness (QED) is 0.0239. The summed E-state index contributed by atoms with van der Waals surface area (Å²) in [5.41, 5.74) is 0. The maximum absolute atomic E-state index is 12.5. The lowest BCUT2D eigenvalue weighted by Crippen LogP contribution is -2.29. The molecule has 3 unspecified atom stereocenters. The number of rotatable bonds is 38. The Morgan fingerprint density at radius 3 is 1.46 bits per heavy atom. The molecule has 0 spiro atoms. The van der Waals surface area contributed by atoms with Crippen LogP contribution in [0.25, 0.3) is 0 Å². The van der Waals surface area contributed by atoms with Crippen molar-refractivity contribution in [3.63, 3.8) is 0 Å². The predicted octanol–water partition coefficient (Wildman–Crippen LogP) is 10.7. The second-order valence-corrected chi connectivity index (χ2v) is 15.1. The van der Waals surface area contributed by atoms with E-state index < -0.39 is 51.8 Å². The maximum Gasteiger partial charge on any atom is 0.472 e. The Morgan fingerprint density at radius 2 is 1.00 bits per heavy atom. The van der Waals surface area contributed by atoms with Crippen LogP contribution in [-0.2, 0) is 32.7 Å². The number of phosphoric acid groups is 1. The number of hydrogen-bond donors (Lipinski definition) is 3. The Balaban J connectivity index is 4.43. The molecule has 0 bridgehead atoms. The number of phosphoric ester groups is 1. The fourth-order valence-electron chi connectivity index (χ4n) is 5.30. The van der Waals surface area contributed by atoms with Gasteiger partial charge in [-0.1, -0.05) is 171 Å². The van der Waals surface area contributed by atoms with Crippen LogP contribution < -0.4 is 0 Å². The SMILES string of the molecule is CC/C=C\C/C=C\C/C=C\C/C=C\C/C=C\CC(=O)OC(COC(=O)CCCCCCCCCCCCCCCCCC)COP(=O)(O)OCC(O)CO. The number of carbonyl (C=O) groups is 2. The van der Waals surface area contributed by atoms with Gasteiger partial charge in [-0.15, -0.1) is 0 Å². The zero-order valence-corrected chi connectivity index (χ0v) is 34.6. The van der Waals surface area contributed by atoms with Crippen molar-refractivity contribution in [2.24, 2.45) is 0 Å². The van der Waals surface area contributed by atoms with Crippen LogP contribution in [0.5, 0.6) is 0 Å². The molecule has 0 aromatic carbocycles. The number of hydrogen-bond acceptors (Lipinski definition) is 9. The average Bonchev–Trinajstić information content (AvgIpc) is 3.16. The summed E-state index contributed by atoms with van der Waals surface area (Å²) in [6.07, 6.45) is 42.2. The Labute approximate surface area is 327 Å². The van der Waals surface area contributed by atoms with Crippen LogP contribution in [0.2, 0.25) is 0 Å². The second-order valence-electron chi connectivity index (χ2n) is 13.7. The van der Waals surface area contributed by atoms with Crippen LogP contribution in [0.15, 0.2) is 60.8 Å². The fourth-order valence-corrected chi connectivity index (χ4v) is 6.09. The average molecular weight is 783 g/mol. The van der Waals surface area contributed by atoms with Gasteiger partial charge in [-0.25, -0.2) is 4.57 Å². The summed E-state index contributed by atoms with van der Waals surface area (Å²) in [6, 6.07) is 0. The Morgan fingerprint density at radius 1 is 0.574 bits per heavy atom. The molecule has 0 aliphatic rings. The first-order valence-corrected chi connectivity index (χ1v) is 22.2. The molecule has 0 amide bonds. The maximum atomic E-state index is 12.5. The lowest BCUT2D eigenvalue weighted by molar-refractivity contribution is -0.160. The van der Waals surface area contributed by atoms with Crippen molar-refractivity contribution >= 4 is 19.8 Å². The van der Waals surface area contributed by atoms with Gasteiger partial charge in [0.05, 0.1) is 26.2 Å². The molecule has 0 rings (SSSR count). The Hall–Kier alpha value is -2.33. The molecule has 0 heterocycles. The van der Waals surface area contributed by atoms with Crippen LogP contribution >= 0.6 is 7.82 Å². The standard InChI is InChI=1S/C43H75O10P/c1-3-5-7-9-11-13-15-17-19-21-22-24-26-28-30-32-34-42(46)50-38-41(39-52-54(48,49)51-37-40(45)36-44)53-43(47)35-33-31-29-27-25-23-20-18-16-14-12-10-8-6-4-2/h6,8,12,14,18,20,25,27,31,33,40-41,44-45H,3-5,7,9-11,13,15-17,19,21-24,26,28-30,32,34-39H2,1-2H3,(H,48,49)/b8-6-,14-12-,20-18-,27-25-,33-31-. The third-order valence-electron chi connectivity index (χ3n) is 8.47. The summed E-state index contributed by atoms with van der Waals surface area (Å²) in [7, 11) is -4.64. The summed E-state index contributed by atoms with van der Waals surface area (Å²) in [5, 5.41) is 18.3. The summed E-state index contributed by atoms with van der Waals surface area (Å²) in [4.78, 5) is 34.9. The van der Waals surface area contributed by atoms with Crippen molar-refractivity contribution < 1.29 is 47.8 Å². The van der Waals surface area contributed by atoms with Gasteiger partial charge < -0.3 is 24.6 Å². The number of allylic oxidation sites excluding steroid dienone is 9. The molecule has 54 heavy (non-hydrogen) atoms. The first kappa shape index (κ1) is 51.7. The zero-order valence-electron chi connectivity index (χ0n) is 33.7. The second kappa shape index (κ2) is 38.9. The van der Waals surface area contributed by atoms with Gasteiger partial charge >= 0.3 is 19.8 Å². The molecular weight excluding hydrogens is 707 g/mol. The van der Waals surface area contributed by atoms with E-state index in [2.05, 4.69) is 54.8 Å². The molecule has 0 radical (unpaired) electrons. The molecule has 3 N–H and O–H groups in total. The van der Waals surface area contributed by atoms with E-state index in [0.717, 1.165) is 44.9 Å². The minimum absolute atomic E-state index is 0.0485. The summed E-state index contributed by atoms with van der Waals surface area (Å²) in [6.45, 7) is 2.15. The Bertz CT molecular complexity index is 1080. The number of aliphatic hydroxyl groups excluding tert-OH is 2. The van der Waals surface area contributed by atoms with Crippen molar-refractivity contribution in [1.82, 2.24) is 0 Å². The van der Waals surface area contributed by atoms with E-state index >= 15 is 0 Å². The normalized spacial score (nSPS) is 14.5. The smallest absolute Gasteiger partial charge is 0.462 e. The molecule has 0 saturated carbocycles. The number of esters is 2. The molecule has 0 aliphatic carbocycles. The van der Waals surface area contributed by atoms with Crippen LogP contribution in [0.4, 0.5) is 0 Å². The largest absolute Gasteiger partial charge is 0.472 e. The highest BCUT2D eigenvalue weighted by Gasteiger charge is 2.27. The third-order valence-corrected chi connectivity index (χ3v) is 9.42. The van der Waals surface area contributed by atoms with Gasteiger partial charge in [0.2, 0.25) is 0 Å². The summed E-state index contributed by atoms with van der Waals surface area (Å²) >= 11 is 0. The number of aliphatic hydroxyl groups is 2. The molecule has 0 aromatic heterocycles. The molecule has 312 valence electrons. The first-order chi connectivity index (χ1) is 26.2. The van der Waals surface area contributed by atoms with E-state index in [1.807, 2.05) is 18.2 Å². The van der Waals surface area contributed by atoms with Gasteiger partial charge in [0.1, 0.15) is 12.7 Å². The van der Waals surface area contributed by atoms with Crippen LogP contribution in [0.1, 0.15) is 162 Å². The van der Waals surface area contributed by atoms with Crippen LogP contribution in [0.3, 0.4) is 0 Å². The van der Waals surface area contributed by atoms with Crippen molar-refractivity contribution in [2.45, 2.75) is 174 Å². The highest BCUT2D eigenvalue weighted by atomic mass is 31.2. The zero-order chi connectivity index (χ0) is 39.8. The van der Waals surface area contributed by atoms with E-state index in [1.54, 1.807) is 6.08 Å². The Kier molecular flexibility index (Phi) is 37.2.